The molecule has 5 heteroatoms. The predicted molar refractivity (Wildman–Crippen MR) is 83.7 cm³/mol. The van der Waals surface area contributed by atoms with Gasteiger partial charge in [0.05, 0.1) is 0 Å². The number of benzene rings is 1. The highest BCUT2D eigenvalue weighted by atomic mass is 35.5. The van der Waals surface area contributed by atoms with Gasteiger partial charge >= 0.3 is 0 Å². The highest BCUT2D eigenvalue weighted by molar-refractivity contribution is 8.13. The molecule has 0 spiro atoms. The number of amidine groups is 1. The van der Waals surface area contributed by atoms with Crippen LogP contribution in [0.3, 0.4) is 0 Å². The topological polar surface area (TPSA) is 38.4 Å². The van der Waals surface area contributed by atoms with E-state index in [2.05, 4.69) is 18.8 Å². The predicted octanol–water partition coefficient (Wildman–Crippen LogP) is 4.59. The van der Waals surface area contributed by atoms with E-state index in [0.717, 1.165) is 18.5 Å². The van der Waals surface area contributed by atoms with Gasteiger partial charge in [0.1, 0.15) is 0 Å². The Labute approximate surface area is 123 Å². The van der Waals surface area contributed by atoms with Gasteiger partial charge < -0.3 is 5.73 Å². The Kier molecular flexibility index (Phi) is 6.90. The number of halogens is 2. The van der Waals surface area contributed by atoms with Crippen molar-refractivity contribution >= 4 is 40.1 Å². The molecule has 0 aliphatic carbocycles. The summed E-state index contributed by atoms with van der Waals surface area (Å²) in [4.78, 5) is 4.31. The van der Waals surface area contributed by atoms with E-state index in [1.807, 2.05) is 18.2 Å². The zero-order chi connectivity index (χ0) is 13.5. The maximum atomic E-state index is 6.08. The van der Waals surface area contributed by atoms with Gasteiger partial charge in [0.15, 0.2) is 5.17 Å². The molecule has 0 atom stereocenters. The van der Waals surface area contributed by atoms with Crippen LogP contribution in [0.1, 0.15) is 25.8 Å². The van der Waals surface area contributed by atoms with Crippen LogP contribution >= 0.6 is 35.0 Å². The SMILES string of the molecule is CC(C)CCN=C(N)SCc1c(Cl)cccc1Cl. The van der Waals surface area contributed by atoms with E-state index >= 15 is 0 Å². The lowest BCUT2D eigenvalue weighted by Crippen LogP contribution is -2.08. The summed E-state index contributed by atoms with van der Waals surface area (Å²) in [7, 11) is 0. The summed E-state index contributed by atoms with van der Waals surface area (Å²) >= 11 is 13.6. The molecular formula is C13H18Cl2N2S. The zero-order valence-corrected chi connectivity index (χ0v) is 12.9. The average molecular weight is 305 g/mol. The number of rotatable bonds is 5. The van der Waals surface area contributed by atoms with Gasteiger partial charge in [-0.1, -0.05) is 54.9 Å². The normalized spacial score (nSPS) is 12.2. The van der Waals surface area contributed by atoms with Gasteiger partial charge in [-0.25, -0.2) is 0 Å². The van der Waals surface area contributed by atoms with Crippen molar-refractivity contribution in [3.8, 4) is 0 Å². The van der Waals surface area contributed by atoms with Gasteiger partial charge in [0.25, 0.3) is 0 Å². The molecule has 1 aromatic rings. The highest BCUT2D eigenvalue weighted by Crippen LogP contribution is 2.28. The maximum Gasteiger partial charge on any atom is 0.154 e. The van der Waals surface area contributed by atoms with Gasteiger partial charge in [-0.2, -0.15) is 0 Å². The molecule has 0 aliphatic heterocycles. The minimum absolute atomic E-state index is 0.589. The molecule has 0 amide bonds. The average Bonchev–Trinajstić information content (AvgIpc) is 2.27. The van der Waals surface area contributed by atoms with Crippen LogP contribution in [0.25, 0.3) is 0 Å². The summed E-state index contributed by atoms with van der Waals surface area (Å²) in [5, 5.41) is 1.93. The third-order valence-electron chi connectivity index (χ3n) is 2.40. The Bertz CT molecular complexity index is 399. The van der Waals surface area contributed by atoms with E-state index < -0.39 is 0 Å². The molecule has 18 heavy (non-hydrogen) atoms. The van der Waals surface area contributed by atoms with Crippen LogP contribution in [-0.2, 0) is 5.75 Å². The molecule has 0 aromatic heterocycles. The van der Waals surface area contributed by atoms with Crippen LogP contribution in [0.5, 0.6) is 0 Å². The Hall–Kier alpha value is -0.380. The second-order valence-corrected chi connectivity index (χ2v) is 6.20. The molecule has 0 saturated heterocycles. The van der Waals surface area contributed by atoms with Gasteiger partial charge in [-0.3, -0.25) is 4.99 Å². The summed E-state index contributed by atoms with van der Waals surface area (Å²) in [5.41, 5.74) is 6.74. The Morgan fingerprint density at radius 2 is 1.94 bits per heavy atom. The van der Waals surface area contributed by atoms with E-state index in [-0.39, 0.29) is 0 Å². The smallest absolute Gasteiger partial charge is 0.154 e. The molecule has 2 N–H and O–H groups in total. The van der Waals surface area contributed by atoms with E-state index in [9.17, 15) is 0 Å². The van der Waals surface area contributed by atoms with Crippen molar-refractivity contribution in [3.63, 3.8) is 0 Å². The quantitative estimate of drug-likeness (QED) is 0.638. The first-order valence-corrected chi connectivity index (χ1v) is 7.60. The molecule has 0 radical (unpaired) electrons. The second-order valence-electron chi connectivity index (χ2n) is 4.39. The van der Waals surface area contributed by atoms with Gasteiger partial charge in [0, 0.05) is 22.3 Å². The van der Waals surface area contributed by atoms with Crippen molar-refractivity contribution < 1.29 is 0 Å². The van der Waals surface area contributed by atoms with Crippen LogP contribution in [0.15, 0.2) is 23.2 Å². The van der Waals surface area contributed by atoms with E-state index in [1.54, 1.807) is 0 Å². The molecule has 1 aromatic carbocycles. The highest BCUT2D eigenvalue weighted by Gasteiger charge is 2.06. The minimum atomic E-state index is 0.589. The first-order chi connectivity index (χ1) is 8.50. The van der Waals surface area contributed by atoms with Crippen LogP contribution in [-0.4, -0.2) is 11.7 Å². The zero-order valence-electron chi connectivity index (χ0n) is 10.6. The van der Waals surface area contributed by atoms with Gasteiger partial charge in [0.2, 0.25) is 0 Å². The number of nitrogens with zero attached hydrogens (tertiary/aromatic N) is 1. The van der Waals surface area contributed by atoms with E-state index in [0.29, 0.717) is 26.9 Å². The molecule has 0 bridgehead atoms. The molecule has 100 valence electrons. The molecular weight excluding hydrogens is 287 g/mol. The van der Waals surface area contributed by atoms with Gasteiger partial charge in [-0.15, -0.1) is 0 Å². The van der Waals surface area contributed by atoms with Crippen molar-refractivity contribution in [1.82, 2.24) is 0 Å². The van der Waals surface area contributed by atoms with Crippen LogP contribution in [0, 0.1) is 5.92 Å². The molecule has 0 saturated carbocycles. The molecule has 0 unspecified atom stereocenters. The third kappa shape index (κ3) is 5.51. The number of thioether (sulfide) groups is 1. The Balaban J connectivity index is 2.49. The fourth-order valence-electron chi connectivity index (χ4n) is 1.29. The number of hydrogen-bond acceptors (Lipinski definition) is 2. The Morgan fingerprint density at radius 1 is 1.33 bits per heavy atom. The largest absolute Gasteiger partial charge is 0.379 e. The lowest BCUT2D eigenvalue weighted by atomic mass is 10.1. The molecule has 0 aliphatic rings. The van der Waals surface area contributed by atoms with E-state index in [1.165, 1.54) is 11.8 Å². The Morgan fingerprint density at radius 3 is 2.50 bits per heavy atom. The third-order valence-corrected chi connectivity index (χ3v) is 3.97. The lowest BCUT2D eigenvalue weighted by Gasteiger charge is -2.06. The van der Waals surface area contributed by atoms with Crippen molar-refractivity contribution in [2.45, 2.75) is 26.0 Å². The number of hydrogen-bond donors (Lipinski definition) is 1. The summed E-state index contributed by atoms with van der Waals surface area (Å²) < 4.78 is 0. The van der Waals surface area contributed by atoms with Crippen LogP contribution in [0.2, 0.25) is 10.0 Å². The first-order valence-electron chi connectivity index (χ1n) is 5.86. The summed E-state index contributed by atoms with van der Waals surface area (Å²) in [5.74, 6) is 1.29. The summed E-state index contributed by atoms with van der Waals surface area (Å²) in [6.45, 7) is 5.11. The summed E-state index contributed by atoms with van der Waals surface area (Å²) in [6.07, 6.45) is 1.05. The maximum absolute atomic E-state index is 6.08. The first kappa shape index (κ1) is 15.7. The number of aliphatic imine (C=N–C) groups is 1. The standard InChI is InChI=1S/C13H18Cl2N2S/c1-9(2)6-7-17-13(16)18-8-10-11(14)4-3-5-12(10)15/h3-5,9H,6-8H2,1-2H3,(H2,16,17). The van der Waals surface area contributed by atoms with Crippen LogP contribution in [0.4, 0.5) is 0 Å². The van der Waals surface area contributed by atoms with Crippen molar-refractivity contribution in [1.29, 1.82) is 0 Å². The van der Waals surface area contributed by atoms with Crippen molar-refractivity contribution in [2.75, 3.05) is 6.54 Å². The van der Waals surface area contributed by atoms with Crippen LogP contribution < -0.4 is 5.73 Å². The minimum Gasteiger partial charge on any atom is -0.379 e. The fraction of sp³-hybridized carbons (Fsp3) is 0.462. The molecule has 2 nitrogen and oxygen atoms in total. The summed E-state index contributed by atoms with van der Waals surface area (Å²) in [6, 6.07) is 5.49. The molecule has 0 heterocycles. The molecule has 0 fully saturated rings. The van der Waals surface area contributed by atoms with Crippen molar-refractivity contribution in [2.24, 2.45) is 16.6 Å². The fourth-order valence-corrected chi connectivity index (χ4v) is 2.77. The van der Waals surface area contributed by atoms with E-state index in [4.69, 9.17) is 28.9 Å². The lowest BCUT2D eigenvalue weighted by molar-refractivity contribution is 0.597. The van der Waals surface area contributed by atoms with Gasteiger partial charge in [-0.05, 0) is 30.0 Å². The van der Waals surface area contributed by atoms with Crippen molar-refractivity contribution in [3.05, 3.63) is 33.8 Å². The monoisotopic (exact) mass is 304 g/mol. The molecule has 1 rings (SSSR count). The number of nitrogens with two attached hydrogens (primary N) is 1. The second kappa shape index (κ2) is 7.93.